The van der Waals surface area contributed by atoms with Gasteiger partial charge in [0.1, 0.15) is 11.6 Å². The molecule has 2 aliphatic rings. The van der Waals surface area contributed by atoms with Gasteiger partial charge in [-0.25, -0.2) is 9.18 Å². The smallest absolute Gasteiger partial charge is 0.319 e. The van der Waals surface area contributed by atoms with Crippen LogP contribution in [-0.4, -0.2) is 62.3 Å². The summed E-state index contributed by atoms with van der Waals surface area (Å²) in [5.41, 5.74) is 3.95. The fourth-order valence-corrected chi connectivity index (χ4v) is 5.69. The van der Waals surface area contributed by atoms with E-state index in [9.17, 15) is 9.18 Å². The first-order valence-electron chi connectivity index (χ1n) is 13.5. The molecule has 0 atom stereocenters. The van der Waals surface area contributed by atoms with Crippen LogP contribution in [0.2, 0.25) is 0 Å². The lowest BCUT2D eigenvalue weighted by Crippen LogP contribution is -2.40. The van der Waals surface area contributed by atoms with E-state index in [0.717, 1.165) is 79.5 Å². The Balaban J connectivity index is 1.08. The lowest BCUT2D eigenvalue weighted by atomic mass is 9.89. The molecule has 0 bridgehead atoms. The number of hydrogen-bond acceptors (Lipinski definition) is 4. The van der Waals surface area contributed by atoms with E-state index >= 15 is 0 Å². The first-order chi connectivity index (χ1) is 18.0. The number of carbonyl (C=O) groups excluding carboxylic acids is 1. The maximum atomic E-state index is 13.5. The molecule has 0 spiro atoms. The molecule has 3 heterocycles. The van der Waals surface area contributed by atoms with Crippen LogP contribution in [-0.2, 0) is 0 Å². The van der Waals surface area contributed by atoms with Gasteiger partial charge in [-0.1, -0.05) is 6.92 Å². The summed E-state index contributed by atoms with van der Waals surface area (Å²) in [6.07, 6.45) is 6.48. The molecule has 7 nitrogen and oxygen atoms in total. The van der Waals surface area contributed by atoms with Crippen molar-refractivity contribution in [1.29, 1.82) is 0 Å². The number of hydrogen-bond donors (Lipinski definition) is 3. The molecule has 0 aliphatic carbocycles. The zero-order chi connectivity index (χ0) is 25.8. The lowest BCUT2D eigenvalue weighted by Gasteiger charge is -2.33. The van der Waals surface area contributed by atoms with Crippen molar-refractivity contribution in [2.24, 2.45) is 5.92 Å². The second kappa shape index (κ2) is 11.4. The Hall–Kier alpha value is -3.26. The number of urea groups is 1. The van der Waals surface area contributed by atoms with Crippen LogP contribution in [0.3, 0.4) is 0 Å². The molecule has 37 heavy (non-hydrogen) atoms. The number of halogens is 1. The number of likely N-dealkylation sites (tertiary alicyclic amines) is 1. The van der Waals surface area contributed by atoms with Gasteiger partial charge >= 0.3 is 6.03 Å². The van der Waals surface area contributed by atoms with Crippen molar-refractivity contribution < 1.29 is 13.9 Å². The maximum Gasteiger partial charge on any atom is 0.319 e. The van der Waals surface area contributed by atoms with Crippen molar-refractivity contribution in [2.45, 2.75) is 38.5 Å². The Morgan fingerprint density at radius 3 is 2.62 bits per heavy atom. The average molecular weight is 508 g/mol. The van der Waals surface area contributed by atoms with Gasteiger partial charge in [0, 0.05) is 49.0 Å². The van der Waals surface area contributed by atoms with E-state index in [-0.39, 0.29) is 11.8 Å². The number of nitrogens with one attached hydrogen (secondary N) is 3. The Morgan fingerprint density at radius 1 is 1.08 bits per heavy atom. The molecular formula is C29H38FN5O2. The maximum absolute atomic E-state index is 13.5. The van der Waals surface area contributed by atoms with E-state index in [4.69, 9.17) is 4.74 Å². The molecule has 2 aromatic carbocycles. The summed E-state index contributed by atoms with van der Waals surface area (Å²) in [6.45, 7) is 7.68. The number of H-pyrrole nitrogens is 1. The van der Waals surface area contributed by atoms with Crippen molar-refractivity contribution in [2.75, 3.05) is 56.6 Å². The second-order valence-corrected chi connectivity index (χ2v) is 10.5. The highest BCUT2D eigenvalue weighted by Gasteiger charge is 2.23. The van der Waals surface area contributed by atoms with Crippen LogP contribution in [0.25, 0.3) is 10.9 Å². The van der Waals surface area contributed by atoms with E-state index < -0.39 is 0 Å². The molecular weight excluding hydrogens is 469 g/mol. The third-order valence-electron chi connectivity index (χ3n) is 7.98. The van der Waals surface area contributed by atoms with Gasteiger partial charge in [-0.2, -0.15) is 0 Å². The molecule has 0 unspecified atom stereocenters. The monoisotopic (exact) mass is 507 g/mol. The predicted molar refractivity (Wildman–Crippen MR) is 147 cm³/mol. The van der Waals surface area contributed by atoms with Gasteiger partial charge in [-0.05, 0) is 92.6 Å². The van der Waals surface area contributed by atoms with Crippen molar-refractivity contribution in [3.05, 3.63) is 54.0 Å². The molecule has 2 fully saturated rings. The van der Waals surface area contributed by atoms with Gasteiger partial charge in [0.05, 0.1) is 12.8 Å². The number of aromatic amines is 1. The normalized spacial score (nSPS) is 17.8. The van der Waals surface area contributed by atoms with Crippen LogP contribution in [0.1, 0.15) is 44.1 Å². The molecule has 3 N–H and O–H groups in total. The summed E-state index contributed by atoms with van der Waals surface area (Å²) in [5, 5.41) is 7.11. The summed E-state index contributed by atoms with van der Waals surface area (Å²) in [5.74, 6) is 1.85. The fraction of sp³-hybridized carbons (Fsp3) is 0.483. The second-order valence-electron chi connectivity index (χ2n) is 10.5. The van der Waals surface area contributed by atoms with Crippen LogP contribution in [0, 0.1) is 11.7 Å². The van der Waals surface area contributed by atoms with Gasteiger partial charge in [0.25, 0.3) is 0 Å². The molecule has 2 saturated heterocycles. The van der Waals surface area contributed by atoms with Gasteiger partial charge in [0.15, 0.2) is 0 Å². The van der Waals surface area contributed by atoms with Crippen LogP contribution in [0.15, 0.2) is 42.6 Å². The topological polar surface area (TPSA) is 72.6 Å². The van der Waals surface area contributed by atoms with E-state index in [0.29, 0.717) is 12.5 Å². The number of benzene rings is 2. The van der Waals surface area contributed by atoms with Crippen LogP contribution < -0.4 is 20.3 Å². The van der Waals surface area contributed by atoms with Crippen molar-refractivity contribution in [3.8, 4) is 5.75 Å². The number of ether oxygens (including phenoxy) is 1. The van der Waals surface area contributed by atoms with Crippen LogP contribution >= 0.6 is 0 Å². The number of aromatic nitrogens is 1. The average Bonchev–Trinajstić information content (AvgIpc) is 3.32. The number of amides is 2. The van der Waals surface area contributed by atoms with Gasteiger partial charge in [-0.3, -0.25) is 0 Å². The summed E-state index contributed by atoms with van der Waals surface area (Å²) < 4.78 is 19.1. The number of piperidine rings is 2. The largest absolute Gasteiger partial charge is 0.495 e. The summed E-state index contributed by atoms with van der Waals surface area (Å²) in [4.78, 5) is 20.5. The highest BCUT2D eigenvalue weighted by Crippen LogP contribution is 2.35. The van der Waals surface area contributed by atoms with E-state index in [2.05, 4.69) is 32.3 Å². The van der Waals surface area contributed by atoms with Crippen LogP contribution in [0.5, 0.6) is 5.75 Å². The quantitative estimate of drug-likeness (QED) is 0.392. The minimum absolute atomic E-state index is 0.190. The first kappa shape index (κ1) is 25.4. The molecule has 0 saturated carbocycles. The van der Waals surface area contributed by atoms with E-state index in [1.54, 1.807) is 13.2 Å². The van der Waals surface area contributed by atoms with Gasteiger partial charge < -0.3 is 30.2 Å². The van der Waals surface area contributed by atoms with Gasteiger partial charge in [-0.15, -0.1) is 0 Å². The number of methoxy groups -OCH3 is 1. The fourth-order valence-electron chi connectivity index (χ4n) is 5.69. The predicted octanol–water partition coefficient (Wildman–Crippen LogP) is 5.55. The zero-order valence-corrected chi connectivity index (χ0v) is 21.9. The van der Waals surface area contributed by atoms with E-state index in [1.807, 2.05) is 30.5 Å². The number of fused-ring (bicyclic) bond motifs is 1. The van der Waals surface area contributed by atoms with Crippen LogP contribution in [0.4, 0.5) is 20.6 Å². The molecule has 1 aromatic heterocycles. The molecule has 198 valence electrons. The van der Waals surface area contributed by atoms with Crippen molar-refractivity contribution >= 4 is 28.3 Å². The Morgan fingerprint density at radius 2 is 1.86 bits per heavy atom. The Kier molecular flexibility index (Phi) is 7.84. The summed E-state index contributed by atoms with van der Waals surface area (Å²) >= 11 is 0. The third kappa shape index (κ3) is 6.01. The number of rotatable bonds is 7. The molecule has 2 aliphatic heterocycles. The molecule has 2 amide bonds. The molecule has 3 aromatic rings. The van der Waals surface area contributed by atoms with E-state index in [1.165, 1.54) is 24.5 Å². The Bertz CT molecular complexity index is 1210. The zero-order valence-electron chi connectivity index (χ0n) is 21.9. The molecule has 5 rings (SSSR count). The lowest BCUT2D eigenvalue weighted by molar-refractivity contribution is 0.211. The minimum atomic E-state index is -0.212. The van der Waals surface area contributed by atoms with Gasteiger partial charge in [0.2, 0.25) is 0 Å². The highest BCUT2D eigenvalue weighted by atomic mass is 19.1. The molecule has 0 radical (unpaired) electrons. The number of carbonyl (C=O) groups is 1. The summed E-state index contributed by atoms with van der Waals surface area (Å²) in [6, 6.07) is 10.6. The van der Waals surface area contributed by atoms with Crippen molar-refractivity contribution in [1.82, 2.24) is 15.2 Å². The Labute approximate surface area is 218 Å². The number of nitrogens with zero attached hydrogens (tertiary/aromatic N) is 2. The first-order valence-corrected chi connectivity index (χ1v) is 13.5. The minimum Gasteiger partial charge on any atom is -0.495 e. The third-order valence-corrected chi connectivity index (χ3v) is 7.98. The van der Waals surface area contributed by atoms with Crippen molar-refractivity contribution in [3.63, 3.8) is 0 Å². The summed E-state index contributed by atoms with van der Waals surface area (Å²) in [7, 11) is 1.69. The SMILES string of the molecule is COc1ccc(NC(=O)NCCN2CCC(c3c[nH]c4cc(F)ccc34)CC2)cc1N1CCC(C)CC1. The standard InChI is InChI=1S/C29H38FN5O2/c1-20-7-14-35(15-8-20)27-18-23(4-6-28(27)37-2)33-29(36)31-11-16-34-12-9-21(10-13-34)25-19-32-26-17-22(30)3-5-24(25)26/h3-6,17-21,32H,7-16H2,1-2H3,(H2,31,33,36). The highest BCUT2D eigenvalue weighted by molar-refractivity contribution is 5.90. The molecule has 8 heteroatoms. The number of anilines is 2.